The van der Waals surface area contributed by atoms with Gasteiger partial charge in [0.1, 0.15) is 12.2 Å². The van der Waals surface area contributed by atoms with Gasteiger partial charge in [-0.2, -0.15) is 0 Å². The molecule has 5 heteroatoms. The quantitative estimate of drug-likeness (QED) is 0.617. The molecule has 30 heavy (non-hydrogen) atoms. The Kier molecular flexibility index (Phi) is 5.61. The minimum absolute atomic E-state index is 0.103. The van der Waals surface area contributed by atoms with E-state index in [4.69, 9.17) is 9.47 Å². The maximum Gasteiger partial charge on any atom is 0.305 e. The number of fused-ring (bicyclic) bond motifs is 5. The average Bonchev–Trinajstić information content (AvgIpc) is 2.99. The van der Waals surface area contributed by atoms with Crippen molar-refractivity contribution in [2.75, 3.05) is 0 Å². The fraction of sp³-hybridized carbons (Fsp3) is 0.800. The lowest BCUT2D eigenvalue weighted by molar-refractivity contribution is -0.175. The van der Waals surface area contributed by atoms with E-state index in [1.165, 1.54) is 5.57 Å². The van der Waals surface area contributed by atoms with Crippen molar-refractivity contribution < 1.29 is 23.9 Å². The number of carbonyl (C=O) groups is 3. The van der Waals surface area contributed by atoms with E-state index in [0.717, 1.165) is 38.5 Å². The molecule has 0 saturated heterocycles. The van der Waals surface area contributed by atoms with Crippen molar-refractivity contribution in [2.24, 2.45) is 28.6 Å². The summed E-state index contributed by atoms with van der Waals surface area (Å²) in [6.45, 7) is 8.22. The average molecular weight is 417 g/mol. The van der Waals surface area contributed by atoms with Crippen LogP contribution in [-0.2, 0) is 23.9 Å². The van der Waals surface area contributed by atoms with Crippen molar-refractivity contribution in [3.63, 3.8) is 0 Å². The molecule has 4 aliphatic carbocycles. The Balaban J connectivity index is 1.64. The summed E-state index contributed by atoms with van der Waals surface area (Å²) in [6, 6.07) is 0. The number of ketones is 1. The van der Waals surface area contributed by atoms with E-state index in [1.807, 2.05) is 6.08 Å². The molecule has 7 unspecified atom stereocenters. The van der Waals surface area contributed by atoms with Crippen LogP contribution in [-0.4, -0.2) is 29.9 Å². The fourth-order valence-electron chi connectivity index (χ4n) is 7.30. The van der Waals surface area contributed by atoms with Crippen molar-refractivity contribution >= 4 is 17.7 Å². The van der Waals surface area contributed by atoms with Crippen LogP contribution in [0.15, 0.2) is 11.6 Å². The largest absolute Gasteiger partial charge is 0.458 e. The first-order valence-electron chi connectivity index (χ1n) is 11.9. The molecule has 0 aliphatic heterocycles. The van der Waals surface area contributed by atoms with E-state index in [0.29, 0.717) is 37.0 Å². The van der Waals surface area contributed by atoms with Crippen LogP contribution in [0, 0.1) is 28.6 Å². The van der Waals surface area contributed by atoms with Crippen LogP contribution in [0.5, 0.6) is 0 Å². The normalized spacial score (nSPS) is 42.5. The standard InChI is InChI=1S/C25H36O5/c1-5-21(27)29-20-14-19-17-8-7-15-13-16(26)9-11-24(15,3)18(17)10-12-25(19,4)23(20)30-22(28)6-2/h13,17-20,23H,5-12,14H2,1-4H3. The zero-order chi connectivity index (χ0) is 21.7. The number of allylic oxidation sites excluding steroid dienone is 1. The van der Waals surface area contributed by atoms with Gasteiger partial charge in [0.25, 0.3) is 0 Å². The minimum Gasteiger partial charge on any atom is -0.458 e. The lowest BCUT2D eigenvalue weighted by Gasteiger charge is -2.57. The third kappa shape index (κ3) is 3.33. The van der Waals surface area contributed by atoms with Gasteiger partial charge in [0, 0.05) is 24.7 Å². The van der Waals surface area contributed by atoms with Gasteiger partial charge >= 0.3 is 11.9 Å². The van der Waals surface area contributed by atoms with Gasteiger partial charge in [-0.05, 0) is 67.8 Å². The second kappa shape index (κ2) is 7.80. The van der Waals surface area contributed by atoms with E-state index in [2.05, 4.69) is 13.8 Å². The Hall–Kier alpha value is -1.65. The number of carbonyl (C=O) groups excluding carboxylic acids is 3. The molecule has 166 valence electrons. The number of rotatable bonds is 4. The van der Waals surface area contributed by atoms with Crippen LogP contribution in [0.4, 0.5) is 0 Å². The van der Waals surface area contributed by atoms with Crippen LogP contribution in [0.1, 0.15) is 85.5 Å². The number of hydrogen-bond acceptors (Lipinski definition) is 5. The molecule has 3 saturated carbocycles. The van der Waals surface area contributed by atoms with Crippen molar-refractivity contribution in [1.29, 1.82) is 0 Å². The number of esters is 2. The van der Waals surface area contributed by atoms with Crippen molar-refractivity contribution in [2.45, 2.75) is 97.7 Å². The molecule has 4 aliphatic rings. The molecule has 7 atom stereocenters. The summed E-state index contributed by atoms with van der Waals surface area (Å²) in [5.74, 6) is 1.28. The maximum atomic E-state index is 12.2. The summed E-state index contributed by atoms with van der Waals surface area (Å²) in [5.41, 5.74) is 1.29. The van der Waals surface area contributed by atoms with Crippen molar-refractivity contribution in [3.8, 4) is 0 Å². The topological polar surface area (TPSA) is 69.7 Å². The number of ether oxygens (including phenoxy) is 2. The predicted molar refractivity (Wildman–Crippen MR) is 112 cm³/mol. The summed E-state index contributed by atoms with van der Waals surface area (Å²) in [4.78, 5) is 36.4. The summed E-state index contributed by atoms with van der Waals surface area (Å²) in [7, 11) is 0. The minimum atomic E-state index is -0.357. The second-order valence-electron chi connectivity index (χ2n) is 10.4. The van der Waals surface area contributed by atoms with Crippen LogP contribution >= 0.6 is 0 Å². The third-order valence-electron chi connectivity index (χ3n) is 8.99. The summed E-state index contributed by atoms with van der Waals surface area (Å²) < 4.78 is 11.8. The molecule has 3 fully saturated rings. The summed E-state index contributed by atoms with van der Waals surface area (Å²) in [5, 5.41) is 0. The third-order valence-corrected chi connectivity index (χ3v) is 8.99. The molecular formula is C25H36O5. The van der Waals surface area contributed by atoms with Crippen LogP contribution in [0.2, 0.25) is 0 Å². The van der Waals surface area contributed by atoms with Gasteiger partial charge in [-0.25, -0.2) is 0 Å². The number of hydrogen-bond donors (Lipinski definition) is 0. The van der Waals surface area contributed by atoms with Gasteiger partial charge in [0.2, 0.25) is 0 Å². The van der Waals surface area contributed by atoms with Gasteiger partial charge in [0.15, 0.2) is 5.78 Å². The smallest absolute Gasteiger partial charge is 0.305 e. The first kappa shape index (κ1) is 21.6. The molecule has 0 aromatic heterocycles. The second-order valence-corrected chi connectivity index (χ2v) is 10.4. The van der Waals surface area contributed by atoms with Gasteiger partial charge in [0.05, 0.1) is 0 Å². The molecule has 0 amide bonds. The van der Waals surface area contributed by atoms with Crippen LogP contribution in [0.25, 0.3) is 0 Å². The van der Waals surface area contributed by atoms with E-state index < -0.39 is 0 Å². The Morgan fingerprint density at radius 1 is 1.00 bits per heavy atom. The highest BCUT2D eigenvalue weighted by molar-refractivity contribution is 5.91. The SMILES string of the molecule is CCC(=O)OC1CC2C3CCC4=CC(=O)CCC4(C)C3CCC2(C)C1OC(=O)CC. The zero-order valence-electron chi connectivity index (χ0n) is 18.9. The monoisotopic (exact) mass is 416 g/mol. The van der Waals surface area contributed by atoms with Gasteiger partial charge in [-0.3, -0.25) is 14.4 Å². The molecule has 0 bridgehead atoms. The lowest BCUT2D eigenvalue weighted by Crippen LogP contribution is -2.52. The van der Waals surface area contributed by atoms with E-state index in [9.17, 15) is 14.4 Å². The van der Waals surface area contributed by atoms with E-state index >= 15 is 0 Å². The van der Waals surface area contributed by atoms with Gasteiger partial charge in [-0.1, -0.05) is 33.3 Å². The molecule has 0 N–H and O–H groups in total. The van der Waals surface area contributed by atoms with Crippen molar-refractivity contribution in [3.05, 3.63) is 11.6 Å². The Morgan fingerprint density at radius 3 is 2.40 bits per heavy atom. The first-order chi connectivity index (χ1) is 14.2. The Labute approximate surface area is 179 Å². The molecule has 0 spiro atoms. The summed E-state index contributed by atoms with van der Waals surface area (Å²) >= 11 is 0. The van der Waals surface area contributed by atoms with Gasteiger partial charge < -0.3 is 9.47 Å². The highest BCUT2D eigenvalue weighted by atomic mass is 16.6. The molecule has 0 aromatic rings. The molecular weight excluding hydrogens is 380 g/mol. The Morgan fingerprint density at radius 2 is 1.70 bits per heavy atom. The maximum absolute atomic E-state index is 12.2. The van der Waals surface area contributed by atoms with Crippen molar-refractivity contribution in [1.82, 2.24) is 0 Å². The highest BCUT2D eigenvalue weighted by Gasteiger charge is 2.63. The predicted octanol–water partition coefficient (Wildman–Crippen LogP) is 4.77. The zero-order valence-corrected chi connectivity index (χ0v) is 18.9. The first-order valence-corrected chi connectivity index (χ1v) is 11.9. The van der Waals surface area contributed by atoms with Crippen LogP contribution < -0.4 is 0 Å². The van der Waals surface area contributed by atoms with E-state index in [-0.39, 0.29) is 40.8 Å². The molecule has 5 nitrogen and oxygen atoms in total. The molecule has 0 aromatic carbocycles. The van der Waals surface area contributed by atoms with E-state index in [1.54, 1.807) is 13.8 Å². The lowest BCUT2D eigenvalue weighted by atomic mass is 9.47. The van der Waals surface area contributed by atoms with Crippen LogP contribution in [0.3, 0.4) is 0 Å². The molecule has 0 radical (unpaired) electrons. The summed E-state index contributed by atoms with van der Waals surface area (Å²) in [6.07, 6.45) is 8.37. The van der Waals surface area contributed by atoms with Gasteiger partial charge in [-0.15, -0.1) is 0 Å². The molecule has 0 heterocycles. The highest BCUT2D eigenvalue weighted by Crippen LogP contribution is 2.66. The molecule has 4 rings (SSSR count). The Bertz CT molecular complexity index is 770. The fourth-order valence-corrected chi connectivity index (χ4v) is 7.30.